The fourth-order valence-corrected chi connectivity index (χ4v) is 1.81. The second-order valence-corrected chi connectivity index (χ2v) is 4.17. The zero-order chi connectivity index (χ0) is 11.4. The van der Waals surface area contributed by atoms with Crippen LogP contribution in [0.25, 0.3) is 0 Å². The van der Waals surface area contributed by atoms with Crippen molar-refractivity contribution in [2.75, 3.05) is 20.1 Å². The molecular weight excluding hydrogens is 204 g/mol. The Hall–Kier alpha value is -1.20. The predicted molar refractivity (Wildman–Crippen MR) is 61.1 cm³/mol. The Morgan fingerprint density at radius 1 is 1.44 bits per heavy atom. The lowest BCUT2D eigenvalue weighted by Gasteiger charge is -2.28. The first-order valence-corrected chi connectivity index (χ1v) is 5.64. The molecule has 1 saturated heterocycles. The molecule has 16 heavy (non-hydrogen) atoms. The molecular formula is C11H18N4O. The highest BCUT2D eigenvalue weighted by molar-refractivity contribution is 5.08. The number of nitrogens with zero attached hydrogens (tertiary/aromatic N) is 3. The van der Waals surface area contributed by atoms with Gasteiger partial charge in [-0.15, -0.1) is 0 Å². The van der Waals surface area contributed by atoms with E-state index in [0.717, 1.165) is 31.6 Å². The summed E-state index contributed by atoms with van der Waals surface area (Å²) in [5, 5.41) is 0. The van der Waals surface area contributed by atoms with Crippen molar-refractivity contribution >= 4 is 0 Å². The summed E-state index contributed by atoms with van der Waals surface area (Å²) in [4.78, 5) is 10.6. The Labute approximate surface area is 95.6 Å². The summed E-state index contributed by atoms with van der Waals surface area (Å²) < 4.78 is 5.79. The molecule has 1 aliphatic rings. The molecule has 1 aliphatic heterocycles. The largest absolute Gasteiger partial charge is 0.473 e. The van der Waals surface area contributed by atoms with Gasteiger partial charge in [0.25, 0.3) is 0 Å². The van der Waals surface area contributed by atoms with E-state index in [9.17, 15) is 0 Å². The van der Waals surface area contributed by atoms with E-state index in [1.807, 2.05) is 0 Å². The highest BCUT2D eigenvalue weighted by atomic mass is 16.5. The number of ether oxygens (including phenoxy) is 1. The summed E-state index contributed by atoms with van der Waals surface area (Å²) in [6.07, 6.45) is 5.67. The first-order chi connectivity index (χ1) is 7.78. The van der Waals surface area contributed by atoms with E-state index in [2.05, 4.69) is 21.9 Å². The van der Waals surface area contributed by atoms with Crippen LogP contribution in [-0.2, 0) is 6.54 Å². The monoisotopic (exact) mass is 222 g/mol. The summed E-state index contributed by atoms with van der Waals surface area (Å²) in [5.41, 5.74) is 6.27. The number of piperidine rings is 1. The van der Waals surface area contributed by atoms with Crippen molar-refractivity contribution in [2.45, 2.75) is 25.5 Å². The van der Waals surface area contributed by atoms with Gasteiger partial charge < -0.3 is 15.4 Å². The molecule has 88 valence electrons. The second-order valence-electron chi connectivity index (χ2n) is 4.17. The van der Waals surface area contributed by atoms with Crippen LogP contribution < -0.4 is 10.5 Å². The van der Waals surface area contributed by atoms with Crippen molar-refractivity contribution in [3.05, 3.63) is 18.1 Å². The number of aromatic nitrogens is 2. The van der Waals surface area contributed by atoms with Gasteiger partial charge >= 0.3 is 0 Å². The molecule has 5 heteroatoms. The van der Waals surface area contributed by atoms with Crippen molar-refractivity contribution in [1.29, 1.82) is 0 Å². The SMILES string of the molecule is CN1CCC(Oc2cncc(CN)n2)CC1. The van der Waals surface area contributed by atoms with Crippen LogP contribution in [0.4, 0.5) is 0 Å². The maximum Gasteiger partial charge on any atom is 0.232 e. The molecule has 2 N–H and O–H groups in total. The Balaban J connectivity index is 1.93. The summed E-state index contributed by atoms with van der Waals surface area (Å²) in [6.45, 7) is 2.56. The third-order valence-electron chi connectivity index (χ3n) is 2.82. The quantitative estimate of drug-likeness (QED) is 0.802. The first kappa shape index (κ1) is 11.3. The third kappa shape index (κ3) is 2.90. The molecule has 0 unspecified atom stereocenters. The van der Waals surface area contributed by atoms with E-state index in [1.165, 1.54) is 0 Å². The Morgan fingerprint density at radius 2 is 2.19 bits per heavy atom. The minimum atomic E-state index is 0.263. The number of nitrogens with two attached hydrogens (primary N) is 1. The van der Waals surface area contributed by atoms with Crippen molar-refractivity contribution in [3.8, 4) is 5.88 Å². The van der Waals surface area contributed by atoms with E-state index in [-0.39, 0.29) is 6.10 Å². The maximum absolute atomic E-state index is 5.79. The van der Waals surface area contributed by atoms with Crippen LogP contribution in [0, 0.1) is 0 Å². The van der Waals surface area contributed by atoms with Crippen LogP contribution in [0.3, 0.4) is 0 Å². The molecule has 0 aliphatic carbocycles. The van der Waals surface area contributed by atoms with Gasteiger partial charge in [-0.2, -0.15) is 0 Å². The second kappa shape index (κ2) is 5.23. The van der Waals surface area contributed by atoms with Gasteiger partial charge in [0, 0.05) is 25.8 Å². The average molecular weight is 222 g/mol. The highest BCUT2D eigenvalue weighted by Gasteiger charge is 2.18. The fourth-order valence-electron chi connectivity index (χ4n) is 1.81. The van der Waals surface area contributed by atoms with E-state index < -0.39 is 0 Å². The minimum absolute atomic E-state index is 0.263. The summed E-state index contributed by atoms with van der Waals surface area (Å²) in [6, 6.07) is 0. The molecule has 1 aromatic heterocycles. The highest BCUT2D eigenvalue weighted by Crippen LogP contribution is 2.15. The molecule has 0 atom stereocenters. The number of hydrogen-bond acceptors (Lipinski definition) is 5. The van der Waals surface area contributed by atoms with Crippen LogP contribution in [0.2, 0.25) is 0 Å². The summed E-state index contributed by atoms with van der Waals surface area (Å²) >= 11 is 0. The zero-order valence-corrected chi connectivity index (χ0v) is 9.59. The molecule has 0 spiro atoms. The molecule has 1 fully saturated rings. The average Bonchev–Trinajstić information content (AvgIpc) is 2.32. The normalized spacial score (nSPS) is 18.6. The van der Waals surface area contributed by atoms with Gasteiger partial charge in [-0.05, 0) is 19.9 Å². The molecule has 2 heterocycles. The van der Waals surface area contributed by atoms with Gasteiger partial charge in [0.15, 0.2) is 0 Å². The summed E-state index contributed by atoms with van der Waals surface area (Å²) in [7, 11) is 2.13. The Morgan fingerprint density at radius 3 is 2.88 bits per heavy atom. The zero-order valence-electron chi connectivity index (χ0n) is 9.59. The van der Waals surface area contributed by atoms with Crippen LogP contribution in [0.1, 0.15) is 18.5 Å². The topological polar surface area (TPSA) is 64.3 Å². The summed E-state index contributed by atoms with van der Waals surface area (Å²) in [5.74, 6) is 0.595. The third-order valence-corrected chi connectivity index (χ3v) is 2.82. The molecule has 0 amide bonds. The van der Waals surface area contributed by atoms with E-state index in [1.54, 1.807) is 12.4 Å². The first-order valence-electron chi connectivity index (χ1n) is 5.64. The van der Waals surface area contributed by atoms with Crippen molar-refractivity contribution < 1.29 is 4.74 Å². The van der Waals surface area contributed by atoms with Gasteiger partial charge in [0.2, 0.25) is 5.88 Å². The van der Waals surface area contributed by atoms with Crippen LogP contribution in [-0.4, -0.2) is 41.1 Å². The Bertz CT molecular complexity index is 337. The van der Waals surface area contributed by atoms with Crippen LogP contribution >= 0.6 is 0 Å². The molecule has 0 saturated carbocycles. The lowest BCUT2D eigenvalue weighted by Crippen LogP contribution is -2.35. The van der Waals surface area contributed by atoms with Gasteiger partial charge in [-0.3, -0.25) is 4.98 Å². The number of hydrogen-bond donors (Lipinski definition) is 1. The standard InChI is InChI=1S/C11H18N4O/c1-15-4-2-10(3-5-15)16-11-8-13-7-9(6-12)14-11/h7-8,10H,2-6,12H2,1H3. The van der Waals surface area contributed by atoms with Crippen molar-refractivity contribution in [3.63, 3.8) is 0 Å². The molecule has 0 aromatic carbocycles. The van der Waals surface area contributed by atoms with Gasteiger partial charge in [0.05, 0.1) is 11.9 Å². The van der Waals surface area contributed by atoms with E-state index in [4.69, 9.17) is 10.5 Å². The number of rotatable bonds is 3. The van der Waals surface area contributed by atoms with E-state index in [0.29, 0.717) is 12.4 Å². The van der Waals surface area contributed by atoms with Gasteiger partial charge in [0.1, 0.15) is 6.10 Å². The van der Waals surface area contributed by atoms with E-state index >= 15 is 0 Å². The van der Waals surface area contributed by atoms with Crippen LogP contribution in [0.15, 0.2) is 12.4 Å². The van der Waals surface area contributed by atoms with Crippen LogP contribution in [0.5, 0.6) is 5.88 Å². The van der Waals surface area contributed by atoms with Gasteiger partial charge in [-0.1, -0.05) is 0 Å². The number of likely N-dealkylation sites (tertiary alicyclic amines) is 1. The minimum Gasteiger partial charge on any atom is -0.473 e. The molecule has 5 nitrogen and oxygen atoms in total. The van der Waals surface area contributed by atoms with Crippen molar-refractivity contribution in [2.24, 2.45) is 5.73 Å². The lowest BCUT2D eigenvalue weighted by molar-refractivity contribution is 0.109. The lowest BCUT2D eigenvalue weighted by atomic mass is 10.1. The fraction of sp³-hybridized carbons (Fsp3) is 0.636. The molecule has 2 rings (SSSR count). The maximum atomic E-state index is 5.79. The predicted octanol–water partition coefficient (Wildman–Crippen LogP) is 0.408. The molecule has 1 aromatic rings. The Kier molecular flexibility index (Phi) is 3.69. The molecule has 0 radical (unpaired) electrons. The van der Waals surface area contributed by atoms with Crippen molar-refractivity contribution in [1.82, 2.24) is 14.9 Å². The smallest absolute Gasteiger partial charge is 0.232 e. The molecule has 0 bridgehead atoms. The van der Waals surface area contributed by atoms with Gasteiger partial charge in [-0.25, -0.2) is 4.98 Å².